The van der Waals surface area contributed by atoms with Crippen LogP contribution in [0.5, 0.6) is 0 Å². The Balaban J connectivity index is 2.01. The van der Waals surface area contributed by atoms with Crippen molar-refractivity contribution in [1.29, 1.82) is 0 Å². The molecule has 0 aromatic rings. The Morgan fingerprint density at radius 1 is 1.21 bits per heavy atom. The first-order valence-electron chi connectivity index (χ1n) is 4.99. The molecule has 0 amide bonds. The summed E-state index contributed by atoms with van der Waals surface area (Å²) in [6.45, 7) is 1.90. The van der Waals surface area contributed by atoms with Gasteiger partial charge in [-0.3, -0.25) is 10.1 Å². The van der Waals surface area contributed by atoms with Crippen molar-refractivity contribution < 1.29 is 14.4 Å². The Labute approximate surface area is 82.5 Å². The van der Waals surface area contributed by atoms with Gasteiger partial charge in [-0.05, 0) is 12.8 Å². The molecule has 1 saturated carbocycles. The maximum absolute atomic E-state index is 10.7. The Hall–Kier alpha value is -0.680. The lowest BCUT2D eigenvalue weighted by atomic mass is 10.0. The molecule has 1 aliphatic heterocycles. The molecule has 2 aliphatic rings. The molecule has 0 aromatic heterocycles. The molecule has 1 spiro atoms. The van der Waals surface area contributed by atoms with Gasteiger partial charge in [0.2, 0.25) is 0 Å². The Bertz CT molecular complexity index is 237. The van der Waals surface area contributed by atoms with Crippen LogP contribution in [0.1, 0.15) is 32.6 Å². The molecule has 5 nitrogen and oxygen atoms in total. The SMILES string of the molecule is CC1([N+](=O)[O-])COC2(CCCC2)OC1. The van der Waals surface area contributed by atoms with Gasteiger partial charge in [0.05, 0.1) is 0 Å². The largest absolute Gasteiger partial charge is 0.342 e. The number of nitrogens with zero attached hydrogens (tertiary/aromatic N) is 1. The smallest absolute Gasteiger partial charge is 0.265 e. The molecule has 1 heterocycles. The van der Waals surface area contributed by atoms with E-state index >= 15 is 0 Å². The van der Waals surface area contributed by atoms with Crippen molar-refractivity contribution >= 4 is 0 Å². The third-order valence-corrected chi connectivity index (χ3v) is 3.10. The van der Waals surface area contributed by atoms with Crippen LogP contribution in [0.2, 0.25) is 0 Å². The van der Waals surface area contributed by atoms with Crippen molar-refractivity contribution in [3.8, 4) is 0 Å². The predicted molar refractivity (Wildman–Crippen MR) is 48.5 cm³/mol. The third-order valence-electron chi connectivity index (χ3n) is 3.10. The van der Waals surface area contributed by atoms with Gasteiger partial charge < -0.3 is 9.47 Å². The Kier molecular flexibility index (Phi) is 2.23. The lowest BCUT2D eigenvalue weighted by Gasteiger charge is -2.38. The highest BCUT2D eigenvalue weighted by molar-refractivity contribution is 4.86. The highest BCUT2D eigenvalue weighted by Gasteiger charge is 2.50. The molecule has 2 fully saturated rings. The van der Waals surface area contributed by atoms with E-state index < -0.39 is 11.3 Å². The lowest BCUT2D eigenvalue weighted by Crippen LogP contribution is -2.54. The molecule has 0 bridgehead atoms. The monoisotopic (exact) mass is 201 g/mol. The maximum atomic E-state index is 10.7. The fourth-order valence-corrected chi connectivity index (χ4v) is 1.97. The van der Waals surface area contributed by atoms with Crippen LogP contribution in [0.25, 0.3) is 0 Å². The van der Waals surface area contributed by atoms with Crippen molar-refractivity contribution in [2.45, 2.75) is 43.9 Å². The maximum Gasteiger partial charge on any atom is 0.265 e. The van der Waals surface area contributed by atoms with Crippen LogP contribution in [0.3, 0.4) is 0 Å². The summed E-state index contributed by atoms with van der Waals surface area (Å²) < 4.78 is 11.1. The molecule has 0 unspecified atom stereocenters. The van der Waals surface area contributed by atoms with Crippen LogP contribution in [-0.2, 0) is 9.47 Å². The number of rotatable bonds is 1. The summed E-state index contributed by atoms with van der Waals surface area (Å²) in [5.74, 6) is -0.491. The van der Waals surface area contributed by atoms with Crippen molar-refractivity contribution in [2.24, 2.45) is 0 Å². The van der Waals surface area contributed by atoms with Crippen molar-refractivity contribution in [3.05, 3.63) is 10.1 Å². The molecule has 0 aromatic carbocycles. The van der Waals surface area contributed by atoms with Crippen molar-refractivity contribution in [3.63, 3.8) is 0 Å². The van der Waals surface area contributed by atoms with Gasteiger partial charge in [0, 0.05) is 24.7 Å². The predicted octanol–water partition coefficient (Wildman–Crippen LogP) is 1.34. The normalized spacial score (nSPS) is 29.2. The Morgan fingerprint density at radius 3 is 2.14 bits per heavy atom. The Morgan fingerprint density at radius 2 is 1.71 bits per heavy atom. The fourth-order valence-electron chi connectivity index (χ4n) is 1.97. The third kappa shape index (κ3) is 1.50. The number of hydrogen-bond donors (Lipinski definition) is 0. The standard InChI is InChI=1S/C9H15NO4/c1-8(10(11)12)6-13-9(14-7-8)4-2-3-5-9/h2-7H2,1H3. The van der Waals surface area contributed by atoms with Gasteiger partial charge in [-0.25, -0.2) is 0 Å². The van der Waals surface area contributed by atoms with E-state index in [0.29, 0.717) is 0 Å². The van der Waals surface area contributed by atoms with Gasteiger partial charge in [-0.2, -0.15) is 0 Å². The van der Waals surface area contributed by atoms with E-state index in [1.54, 1.807) is 6.92 Å². The summed E-state index contributed by atoms with van der Waals surface area (Å²) in [5, 5.41) is 10.7. The zero-order chi connectivity index (χ0) is 10.2. The van der Waals surface area contributed by atoms with E-state index in [1.165, 1.54) is 0 Å². The average molecular weight is 201 g/mol. The van der Waals surface area contributed by atoms with Gasteiger partial charge in [-0.1, -0.05) is 0 Å². The zero-order valence-corrected chi connectivity index (χ0v) is 8.32. The van der Waals surface area contributed by atoms with Crippen molar-refractivity contribution in [1.82, 2.24) is 0 Å². The van der Waals surface area contributed by atoms with Crippen LogP contribution < -0.4 is 0 Å². The van der Waals surface area contributed by atoms with E-state index in [0.717, 1.165) is 25.7 Å². The molecule has 0 N–H and O–H groups in total. The first-order chi connectivity index (χ1) is 6.56. The molecule has 2 rings (SSSR count). The summed E-state index contributed by atoms with van der Waals surface area (Å²) in [7, 11) is 0. The van der Waals surface area contributed by atoms with Crippen LogP contribution in [-0.4, -0.2) is 29.5 Å². The summed E-state index contributed by atoms with van der Waals surface area (Å²) >= 11 is 0. The van der Waals surface area contributed by atoms with Crippen LogP contribution in [0.15, 0.2) is 0 Å². The number of ether oxygens (including phenoxy) is 2. The summed E-state index contributed by atoms with van der Waals surface area (Å²) in [4.78, 5) is 10.4. The van der Waals surface area contributed by atoms with Crippen molar-refractivity contribution in [2.75, 3.05) is 13.2 Å². The van der Waals surface area contributed by atoms with E-state index in [1.807, 2.05) is 0 Å². The molecule has 14 heavy (non-hydrogen) atoms. The molecule has 80 valence electrons. The van der Waals surface area contributed by atoms with Crippen LogP contribution in [0.4, 0.5) is 0 Å². The van der Waals surface area contributed by atoms with Gasteiger partial charge >= 0.3 is 0 Å². The van der Waals surface area contributed by atoms with E-state index in [-0.39, 0.29) is 18.1 Å². The molecule has 1 aliphatic carbocycles. The molecule has 0 radical (unpaired) electrons. The minimum atomic E-state index is -1.06. The zero-order valence-electron chi connectivity index (χ0n) is 8.32. The average Bonchev–Trinajstić information content (AvgIpc) is 2.60. The molecular weight excluding hydrogens is 186 g/mol. The van der Waals surface area contributed by atoms with Gasteiger partial charge in [0.15, 0.2) is 5.79 Å². The minimum Gasteiger partial charge on any atom is -0.342 e. The fraction of sp³-hybridized carbons (Fsp3) is 1.00. The van der Waals surface area contributed by atoms with E-state index in [9.17, 15) is 10.1 Å². The van der Waals surface area contributed by atoms with Crippen LogP contribution >= 0.6 is 0 Å². The van der Waals surface area contributed by atoms with Gasteiger partial charge in [0.1, 0.15) is 13.2 Å². The van der Waals surface area contributed by atoms with E-state index in [2.05, 4.69) is 0 Å². The second-order valence-corrected chi connectivity index (χ2v) is 4.45. The molecule has 5 heteroatoms. The van der Waals surface area contributed by atoms with E-state index in [4.69, 9.17) is 9.47 Å². The first-order valence-corrected chi connectivity index (χ1v) is 4.99. The molecule has 0 atom stereocenters. The highest BCUT2D eigenvalue weighted by atomic mass is 16.7. The lowest BCUT2D eigenvalue weighted by molar-refractivity contribution is -0.591. The minimum absolute atomic E-state index is 0.167. The second kappa shape index (κ2) is 3.17. The van der Waals surface area contributed by atoms with Gasteiger partial charge in [0.25, 0.3) is 5.54 Å². The van der Waals surface area contributed by atoms with Crippen LogP contribution in [0, 0.1) is 10.1 Å². The first kappa shape index (κ1) is 9.86. The molecule has 1 saturated heterocycles. The van der Waals surface area contributed by atoms with Gasteiger partial charge in [-0.15, -0.1) is 0 Å². The summed E-state index contributed by atoms with van der Waals surface area (Å²) in [6, 6.07) is 0. The quantitative estimate of drug-likeness (QED) is 0.474. The second-order valence-electron chi connectivity index (χ2n) is 4.45. The highest BCUT2D eigenvalue weighted by Crippen LogP contribution is 2.38. The topological polar surface area (TPSA) is 61.6 Å². The summed E-state index contributed by atoms with van der Waals surface area (Å²) in [6.07, 6.45) is 3.94. The number of hydrogen-bond acceptors (Lipinski definition) is 4. The number of nitro groups is 1. The summed E-state index contributed by atoms with van der Waals surface area (Å²) in [5.41, 5.74) is -1.06. The molecular formula is C9H15NO4.